The van der Waals surface area contributed by atoms with Gasteiger partial charge >= 0.3 is 0 Å². The highest BCUT2D eigenvalue weighted by molar-refractivity contribution is 14.0. The number of guanidine groups is 1. The number of nitrogens with two attached hydrogens (primary N) is 1. The molecule has 7 heteroatoms. The van der Waals surface area contributed by atoms with Crippen molar-refractivity contribution in [1.29, 1.82) is 0 Å². The van der Waals surface area contributed by atoms with E-state index in [2.05, 4.69) is 27.5 Å². The van der Waals surface area contributed by atoms with E-state index >= 15 is 0 Å². The Labute approximate surface area is 168 Å². The SMILES string of the molecule is CCCCCCCCN=C(N)NCCC(=O)Nc1ccc(C)cn1.I. The van der Waals surface area contributed by atoms with Crippen LogP contribution in [0, 0.1) is 6.92 Å². The van der Waals surface area contributed by atoms with E-state index in [-0.39, 0.29) is 29.9 Å². The molecule has 0 aliphatic carbocycles. The molecule has 142 valence electrons. The molecule has 0 unspecified atom stereocenters. The average Bonchev–Trinajstić information content (AvgIpc) is 2.56. The summed E-state index contributed by atoms with van der Waals surface area (Å²) in [6.45, 7) is 5.37. The van der Waals surface area contributed by atoms with Gasteiger partial charge in [-0.3, -0.25) is 9.79 Å². The van der Waals surface area contributed by atoms with Crippen molar-refractivity contribution in [3.05, 3.63) is 23.9 Å². The zero-order chi connectivity index (χ0) is 17.6. The van der Waals surface area contributed by atoms with Crippen LogP contribution in [-0.2, 0) is 4.79 Å². The Kier molecular flexibility index (Phi) is 14.1. The molecule has 1 aromatic heterocycles. The highest BCUT2D eigenvalue weighted by Gasteiger charge is 2.03. The summed E-state index contributed by atoms with van der Waals surface area (Å²) >= 11 is 0. The summed E-state index contributed by atoms with van der Waals surface area (Å²) in [5.74, 6) is 0.878. The van der Waals surface area contributed by atoms with E-state index in [0.717, 1.165) is 18.5 Å². The number of anilines is 1. The number of halogens is 1. The number of nitrogens with zero attached hydrogens (tertiary/aromatic N) is 2. The van der Waals surface area contributed by atoms with Gasteiger partial charge in [-0.05, 0) is 25.0 Å². The number of nitrogens with one attached hydrogen (secondary N) is 2. The molecule has 6 nitrogen and oxygen atoms in total. The molecular formula is C18H32IN5O. The Bertz CT molecular complexity index is 505. The Hall–Kier alpha value is -1.38. The minimum absolute atomic E-state index is 0. The normalized spacial score (nSPS) is 10.9. The molecule has 0 atom stereocenters. The van der Waals surface area contributed by atoms with E-state index in [9.17, 15) is 4.79 Å². The van der Waals surface area contributed by atoms with Gasteiger partial charge in [0.1, 0.15) is 5.82 Å². The molecule has 0 bridgehead atoms. The first-order valence-corrected chi connectivity index (χ1v) is 8.88. The lowest BCUT2D eigenvalue weighted by atomic mass is 10.1. The summed E-state index contributed by atoms with van der Waals surface area (Å²) < 4.78 is 0. The molecule has 1 amide bonds. The van der Waals surface area contributed by atoms with Crippen molar-refractivity contribution < 1.29 is 4.79 Å². The summed E-state index contributed by atoms with van der Waals surface area (Å²) in [5, 5.41) is 5.71. The van der Waals surface area contributed by atoms with Crippen LogP contribution < -0.4 is 16.4 Å². The van der Waals surface area contributed by atoms with E-state index in [1.807, 2.05) is 13.0 Å². The predicted molar refractivity (Wildman–Crippen MR) is 116 cm³/mol. The zero-order valence-corrected chi connectivity index (χ0v) is 17.7. The number of amides is 1. The number of unbranched alkanes of at least 4 members (excludes halogenated alkanes) is 5. The highest BCUT2D eigenvalue weighted by Crippen LogP contribution is 2.05. The van der Waals surface area contributed by atoms with Crippen molar-refractivity contribution in [3.8, 4) is 0 Å². The second-order valence-electron chi connectivity index (χ2n) is 5.98. The fraction of sp³-hybridized carbons (Fsp3) is 0.611. The van der Waals surface area contributed by atoms with Gasteiger partial charge in [-0.25, -0.2) is 4.98 Å². The van der Waals surface area contributed by atoms with Gasteiger partial charge in [0.25, 0.3) is 0 Å². The van der Waals surface area contributed by atoms with Crippen LogP contribution in [0.15, 0.2) is 23.3 Å². The Balaban J connectivity index is 0.00000576. The van der Waals surface area contributed by atoms with Crippen molar-refractivity contribution in [2.24, 2.45) is 10.7 Å². The van der Waals surface area contributed by atoms with E-state index in [1.54, 1.807) is 12.3 Å². The molecule has 4 N–H and O–H groups in total. The van der Waals surface area contributed by atoms with Crippen LogP contribution in [0.2, 0.25) is 0 Å². The molecular weight excluding hydrogens is 429 g/mol. The maximum absolute atomic E-state index is 11.8. The fourth-order valence-electron chi connectivity index (χ4n) is 2.20. The molecule has 0 aromatic carbocycles. The summed E-state index contributed by atoms with van der Waals surface area (Å²) in [6, 6.07) is 3.70. The zero-order valence-electron chi connectivity index (χ0n) is 15.4. The first kappa shape index (κ1) is 23.6. The molecule has 1 heterocycles. The van der Waals surface area contributed by atoms with E-state index in [1.165, 1.54) is 32.1 Å². The lowest BCUT2D eigenvalue weighted by molar-refractivity contribution is -0.116. The van der Waals surface area contributed by atoms with Gasteiger partial charge in [-0.15, -0.1) is 24.0 Å². The summed E-state index contributed by atoms with van der Waals surface area (Å²) in [6.07, 6.45) is 9.45. The second kappa shape index (κ2) is 14.9. The monoisotopic (exact) mass is 461 g/mol. The maximum Gasteiger partial charge on any atom is 0.227 e. The second-order valence-corrected chi connectivity index (χ2v) is 5.98. The van der Waals surface area contributed by atoms with Crippen molar-refractivity contribution in [2.45, 2.75) is 58.8 Å². The number of aromatic nitrogens is 1. The molecule has 0 spiro atoms. The van der Waals surface area contributed by atoms with Gasteiger partial charge < -0.3 is 16.4 Å². The molecule has 1 rings (SSSR count). The third-order valence-corrected chi connectivity index (χ3v) is 3.63. The van der Waals surface area contributed by atoms with E-state index in [0.29, 0.717) is 24.7 Å². The van der Waals surface area contributed by atoms with Crippen molar-refractivity contribution >= 4 is 41.7 Å². The standard InChI is InChI=1S/C18H31N5O.HI/c1-3-4-5-6-7-8-12-20-18(19)21-13-11-17(24)23-16-10-9-15(2)14-22-16;/h9-10,14H,3-8,11-13H2,1-2H3,(H3,19,20,21)(H,22,23,24);1H. The van der Waals surface area contributed by atoms with Crippen LogP contribution in [0.5, 0.6) is 0 Å². The molecule has 0 fully saturated rings. The number of rotatable bonds is 11. The van der Waals surface area contributed by atoms with Crippen molar-refractivity contribution in [2.75, 3.05) is 18.4 Å². The van der Waals surface area contributed by atoms with Gasteiger partial charge in [-0.2, -0.15) is 0 Å². The van der Waals surface area contributed by atoms with Gasteiger partial charge in [-0.1, -0.05) is 45.1 Å². The largest absolute Gasteiger partial charge is 0.370 e. The van der Waals surface area contributed by atoms with Gasteiger partial charge in [0, 0.05) is 25.7 Å². The van der Waals surface area contributed by atoms with Crippen LogP contribution in [0.3, 0.4) is 0 Å². The fourth-order valence-corrected chi connectivity index (χ4v) is 2.20. The molecule has 0 aliphatic heterocycles. The van der Waals surface area contributed by atoms with Gasteiger partial charge in [0.2, 0.25) is 5.91 Å². The van der Waals surface area contributed by atoms with Gasteiger partial charge in [0.05, 0.1) is 0 Å². The van der Waals surface area contributed by atoms with E-state index < -0.39 is 0 Å². The van der Waals surface area contributed by atoms with Crippen LogP contribution in [0.4, 0.5) is 5.82 Å². The topological polar surface area (TPSA) is 92.4 Å². The number of carbonyl (C=O) groups excluding carboxylic acids is 1. The molecule has 0 saturated carbocycles. The minimum atomic E-state index is -0.0948. The van der Waals surface area contributed by atoms with Crippen LogP contribution in [0.25, 0.3) is 0 Å². The van der Waals surface area contributed by atoms with Gasteiger partial charge in [0.15, 0.2) is 5.96 Å². The Morgan fingerprint density at radius 2 is 1.92 bits per heavy atom. The smallest absolute Gasteiger partial charge is 0.227 e. The molecule has 0 saturated heterocycles. The third-order valence-electron chi connectivity index (χ3n) is 3.63. The molecule has 25 heavy (non-hydrogen) atoms. The quantitative estimate of drug-likeness (QED) is 0.203. The van der Waals surface area contributed by atoms with Crippen molar-refractivity contribution in [1.82, 2.24) is 10.3 Å². The lowest BCUT2D eigenvalue weighted by Crippen LogP contribution is -2.34. The summed E-state index contributed by atoms with van der Waals surface area (Å²) in [7, 11) is 0. The predicted octanol–water partition coefficient (Wildman–Crippen LogP) is 3.60. The maximum atomic E-state index is 11.8. The number of aryl methyl sites for hydroxylation is 1. The van der Waals surface area contributed by atoms with Crippen LogP contribution in [-0.4, -0.2) is 29.9 Å². The van der Waals surface area contributed by atoms with Crippen LogP contribution >= 0.6 is 24.0 Å². The number of aliphatic imine (C=N–C) groups is 1. The Morgan fingerprint density at radius 1 is 1.20 bits per heavy atom. The molecule has 0 radical (unpaired) electrons. The number of hydrogen-bond donors (Lipinski definition) is 3. The van der Waals surface area contributed by atoms with Crippen molar-refractivity contribution in [3.63, 3.8) is 0 Å². The third kappa shape index (κ3) is 12.6. The first-order chi connectivity index (χ1) is 11.6. The number of hydrogen-bond acceptors (Lipinski definition) is 3. The minimum Gasteiger partial charge on any atom is -0.370 e. The Morgan fingerprint density at radius 3 is 2.60 bits per heavy atom. The number of carbonyl (C=O) groups is 1. The van der Waals surface area contributed by atoms with E-state index in [4.69, 9.17) is 5.73 Å². The first-order valence-electron chi connectivity index (χ1n) is 8.88. The summed E-state index contributed by atoms with van der Waals surface area (Å²) in [5.41, 5.74) is 6.85. The number of pyridine rings is 1. The van der Waals surface area contributed by atoms with Crippen LogP contribution in [0.1, 0.15) is 57.4 Å². The summed E-state index contributed by atoms with van der Waals surface area (Å²) in [4.78, 5) is 20.2. The average molecular weight is 461 g/mol. The highest BCUT2D eigenvalue weighted by atomic mass is 127. The molecule has 0 aliphatic rings. The lowest BCUT2D eigenvalue weighted by Gasteiger charge is -2.07. The molecule has 1 aromatic rings.